The van der Waals surface area contributed by atoms with Crippen molar-refractivity contribution in [1.82, 2.24) is 24.4 Å². The Balaban J connectivity index is 1.82. The second-order valence-electron chi connectivity index (χ2n) is 9.29. The number of carbonyl (C=O) groups excluding carboxylic acids is 1. The van der Waals surface area contributed by atoms with Crippen molar-refractivity contribution in [2.24, 2.45) is 14.1 Å². The molecule has 3 aromatic heterocycles. The monoisotopic (exact) mass is 598 g/mol. The number of methoxy groups -OCH3 is 1. The summed E-state index contributed by atoms with van der Waals surface area (Å²) in [5.74, 6) is -0.349. The van der Waals surface area contributed by atoms with Crippen LogP contribution in [-0.2, 0) is 20.6 Å². The minimum Gasteiger partial charge on any atom is -0.481 e. The van der Waals surface area contributed by atoms with E-state index in [0.29, 0.717) is 47.0 Å². The zero-order valence-corrected chi connectivity index (χ0v) is 24.2. The molecule has 3 N–H and O–H groups in total. The Labute approximate surface area is 245 Å². The molecule has 0 bridgehead atoms. The Kier molecular flexibility index (Phi) is 9.24. The lowest BCUT2D eigenvalue weighted by molar-refractivity contribution is 0.102. The molecule has 4 rings (SSSR count). The normalized spacial score (nSPS) is 11.8. The number of amides is 1. The van der Waals surface area contributed by atoms with E-state index < -0.39 is 23.3 Å². The van der Waals surface area contributed by atoms with Gasteiger partial charge < -0.3 is 25.0 Å². The third-order valence-electron chi connectivity index (χ3n) is 6.24. The first-order valence-electron chi connectivity index (χ1n) is 12.5. The van der Waals surface area contributed by atoms with Gasteiger partial charge in [-0.3, -0.25) is 19.1 Å². The van der Waals surface area contributed by atoms with Crippen LogP contribution in [0, 0.1) is 0 Å². The summed E-state index contributed by atoms with van der Waals surface area (Å²) in [6.45, 7) is 2.30. The van der Waals surface area contributed by atoms with Gasteiger partial charge in [0.2, 0.25) is 5.88 Å². The standard InChI is InChI=1S/C28H28Cl2N6O5/c1-15(37)11-31-12-16-13-32-25(20-9-6-10-21(33-20)41-4)24(30)22(16)17-7-5-8-19(23(17)29)34-26(38)18-14-35(2)28(40)36(3)27(18)39/h5-10,13-15,31,37H,11-12H2,1-4H3,(H,34,38)/t15-/m0/s1. The maximum Gasteiger partial charge on any atom is 0.330 e. The lowest BCUT2D eigenvalue weighted by atomic mass is 9.98. The molecule has 0 spiro atoms. The number of aromatic nitrogens is 4. The maximum atomic E-state index is 13.1. The van der Waals surface area contributed by atoms with Crippen LogP contribution in [0.25, 0.3) is 22.5 Å². The average Bonchev–Trinajstić information content (AvgIpc) is 2.95. The van der Waals surface area contributed by atoms with Crippen molar-refractivity contribution >= 4 is 34.8 Å². The Morgan fingerprint density at radius 2 is 1.85 bits per heavy atom. The molecule has 13 heteroatoms. The number of pyridine rings is 2. The summed E-state index contributed by atoms with van der Waals surface area (Å²) in [6.07, 6.45) is 2.24. The number of halogens is 2. The van der Waals surface area contributed by atoms with Crippen LogP contribution in [-0.4, -0.2) is 49.9 Å². The minimum atomic E-state index is -0.739. The number of nitrogens with one attached hydrogen (secondary N) is 2. The number of anilines is 1. The van der Waals surface area contributed by atoms with Gasteiger partial charge in [0.1, 0.15) is 11.3 Å². The molecule has 11 nitrogen and oxygen atoms in total. The Bertz CT molecular complexity index is 1730. The van der Waals surface area contributed by atoms with Gasteiger partial charge in [0.15, 0.2) is 0 Å². The molecule has 3 heterocycles. The van der Waals surface area contributed by atoms with Crippen molar-refractivity contribution in [3.63, 3.8) is 0 Å². The van der Waals surface area contributed by atoms with Crippen LogP contribution in [0.2, 0.25) is 10.0 Å². The van der Waals surface area contributed by atoms with Crippen LogP contribution >= 0.6 is 23.2 Å². The van der Waals surface area contributed by atoms with Gasteiger partial charge in [0.25, 0.3) is 11.5 Å². The highest BCUT2D eigenvalue weighted by Gasteiger charge is 2.22. The molecular formula is C28H28Cl2N6O5. The van der Waals surface area contributed by atoms with E-state index in [4.69, 9.17) is 27.9 Å². The van der Waals surface area contributed by atoms with Gasteiger partial charge in [-0.15, -0.1) is 0 Å². The highest BCUT2D eigenvalue weighted by molar-refractivity contribution is 6.39. The first-order chi connectivity index (χ1) is 19.5. The molecule has 0 fully saturated rings. The molecule has 1 atom stereocenters. The summed E-state index contributed by atoms with van der Waals surface area (Å²) in [5, 5.41) is 16.0. The molecule has 0 aliphatic rings. The molecule has 0 unspecified atom stereocenters. The van der Waals surface area contributed by atoms with E-state index in [1.165, 1.54) is 27.4 Å². The number of nitrogens with zero attached hydrogens (tertiary/aromatic N) is 4. The SMILES string of the molecule is COc1cccc(-c2ncc(CNC[C@H](C)O)c(-c3cccc(NC(=O)c4cn(C)c(=O)n(C)c4=O)c3Cl)c2Cl)n1. The van der Waals surface area contributed by atoms with Crippen LogP contribution < -0.4 is 26.6 Å². The fourth-order valence-corrected chi connectivity index (χ4v) is 4.81. The Hall–Kier alpha value is -4.03. The number of aliphatic hydroxyl groups is 1. The van der Waals surface area contributed by atoms with Gasteiger partial charge in [-0.1, -0.05) is 41.4 Å². The van der Waals surface area contributed by atoms with Gasteiger partial charge in [0, 0.05) is 56.8 Å². The molecule has 0 saturated heterocycles. The van der Waals surface area contributed by atoms with E-state index >= 15 is 0 Å². The van der Waals surface area contributed by atoms with E-state index in [9.17, 15) is 19.5 Å². The Morgan fingerprint density at radius 3 is 2.56 bits per heavy atom. The van der Waals surface area contributed by atoms with Gasteiger partial charge >= 0.3 is 5.69 Å². The van der Waals surface area contributed by atoms with Gasteiger partial charge in [-0.25, -0.2) is 9.78 Å². The van der Waals surface area contributed by atoms with Crippen LogP contribution in [0.4, 0.5) is 5.69 Å². The zero-order valence-electron chi connectivity index (χ0n) is 22.7. The number of rotatable bonds is 9. The number of benzene rings is 1. The van der Waals surface area contributed by atoms with Crippen molar-refractivity contribution in [2.75, 3.05) is 19.0 Å². The van der Waals surface area contributed by atoms with E-state index in [2.05, 4.69) is 20.6 Å². The Morgan fingerprint density at radius 1 is 1.12 bits per heavy atom. The number of hydrogen-bond acceptors (Lipinski definition) is 8. The quantitative estimate of drug-likeness (QED) is 0.267. The summed E-state index contributed by atoms with van der Waals surface area (Å²) in [6, 6.07) is 10.2. The molecule has 41 heavy (non-hydrogen) atoms. The summed E-state index contributed by atoms with van der Waals surface area (Å²) in [7, 11) is 4.25. The summed E-state index contributed by atoms with van der Waals surface area (Å²) in [5.41, 5.74) is 1.27. The van der Waals surface area contributed by atoms with Crippen LogP contribution in [0.5, 0.6) is 5.88 Å². The first kappa shape index (κ1) is 29.9. The predicted molar refractivity (Wildman–Crippen MR) is 158 cm³/mol. The van der Waals surface area contributed by atoms with Gasteiger partial charge in [0.05, 0.1) is 34.6 Å². The smallest absolute Gasteiger partial charge is 0.330 e. The zero-order chi connectivity index (χ0) is 29.8. The van der Waals surface area contributed by atoms with Crippen molar-refractivity contribution in [2.45, 2.75) is 19.6 Å². The molecule has 0 saturated carbocycles. The lowest BCUT2D eigenvalue weighted by Gasteiger charge is -2.18. The second kappa shape index (κ2) is 12.6. The lowest BCUT2D eigenvalue weighted by Crippen LogP contribution is -2.40. The highest BCUT2D eigenvalue weighted by Crippen LogP contribution is 2.42. The largest absolute Gasteiger partial charge is 0.481 e. The fraction of sp³-hybridized carbons (Fsp3) is 0.250. The average molecular weight is 599 g/mol. The van der Waals surface area contributed by atoms with Crippen LogP contribution in [0.15, 0.2) is 58.4 Å². The summed E-state index contributed by atoms with van der Waals surface area (Å²) in [4.78, 5) is 46.7. The van der Waals surface area contributed by atoms with Gasteiger partial charge in [-0.2, -0.15) is 0 Å². The molecular weight excluding hydrogens is 571 g/mol. The van der Waals surface area contributed by atoms with Crippen molar-refractivity contribution in [1.29, 1.82) is 0 Å². The maximum absolute atomic E-state index is 13.1. The first-order valence-corrected chi connectivity index (χ1v) is 13.2. The molecule has 1 amide bonds. The number of aliphatic hydroxyl groups excluding tert-OH is 1. The molecule has 0 radical (unpaired) electrons. The predicted octanol–water partition coefficient (Wildman–Crippen LogP) is 3.25. The summed E-state index contributed by atoms with van der Waals surface area (Å²) < 4.78 is 7.24. The van der Waals surface area contributed by atoms with Crippen molar-refractivity contribution in [3.8, 4) is 28.4 Å². The third-order valence-corrected chi connectivity index (χ3v) is 7.01. The molecule has 214 valence electrons. The molecule has 0 aliphatic carbocycles. The van der Waals surface area contributed by atoms with Gasteiger partial charge in [-0.05, 0) is 24.6 Å². The van der Waals surface area contributed by atoms with Crippen molar-refractivity contribution < 1.29 is 14.6 Å². The van der Waals surface area contributed by atoms with Crippen molar-refractivity contribution in [3.05, 3.63) is 90.8 Å². The number of aryl methyl sites for hydroxylation is 1. The second-order valence-corrected chi connectivity index (χ2v) is 10.0. The highest BCUT2D eigenvalue weighted by atomic mass is 35.5. The van der Waals surface area contributed by atoms with E-state index in [-0.39, 0.29) is 21.3 Å². The molecule has 0 aliphatic heterocycles. The van der Waals surface area contributed by atoms with E-state index in [1.807, 2.05) is 0 Å². The number of ether oxygens (including phenoxy) is 1. The number of hydrogen-bond donors (Lipinski definition) is 3. The van der Waals surface area contributed by atoms with Crippen LogP contribution in [0.3, 0.4) is 0 Å². The fourth-order valence-electron chi connectivity index (χ4n) is 4.18. The molecule has 1 aromatic carbocycles. The minimum absolute atomic E-state index is 0.164. The van der Waals surface area contributed by atoms with E-state index in [0.717, 1.165) is 9.13 Å². The summed E-state index contributed by atoms with van der Waals surface area (Å²) >= 11 is 13.8. The van der Waals surface area contributed by atoms with Crippen LogP contribution in [0.1, 0.15) is 22.8 Å². The topological polar surface area (TPSA) is 140 Å². The number of carbonyl (C=O) groups is 1. The third kappa shape index (κ3) is 6.33. The van der Waals surface area contributed by atoms with E-state index in [1.54, 1.807) is 49.5 Å². The molecule has 4 aromatic rings.